The van der Waals surface area contributed by atoms with Crippen molar-refractivity contribution in [1.82, 2.24) is 5.32 Å². The van der Waals surface area contributed by atoms with E-state index in [1.807, 2.05) is 0 Å². The number of carbonyl (C=O) groups is 1. The van der Waals surface area contributed by atoms with Gasteiger partial charge < -0.3 is 5.32 Å². The third kappa shape index (κ3) is 3.94. The lowest BCUT2D eigenvalue weighted by atomic mass is 9.75. The number of nitro groups is 1. The van der Waals surface area contributed by atoms with Crippen LogP contribution in [0.5, 0.6) is 0 Å². The number of carbonyl (C=O) groups excluding carboxylic acids is 1. The number of hydrogen-bond acceptors (Lipinski definition) is 3. The first-order valence-electron chi connectivity index (χ1n) is 7.03. The SMILES string of the molecule is CC1(C)CCC(NC(=O)c2cc([N+](=O)[O-])ccc2Cl)CC1. The van der Waals surface area contributed by atoms with Crippen LogP contribution in [0.3, 0.4) is 0 Å². The van der Waals surface area contributed by atoms with E-state index in [-0.39, 0.29) is 28.2 Å². The van der Waals surface area contributed by atoms with Crippen LogP contribution in [0.25, 0.3) is 0 Å². The predicted octanol–water partition coefficient (Wildman–Crippen LogP) is 3.95. The van der Waals surface area contributed by atoms with Crippen molar-refractivity contribution in [1.29, 1.82) is 0 Å². The van der Waals surface area contributed by atoms with E-state index in [1.165, 1.54) is 18.2 Å². The maximum atomic E-state index is 12.3. The summed E-state index contributed by atoms with van der Waals surface area (Å²) in [6.07, 6.45) is 3.96. The van der Waals surface area contributed by atoms with Crippen LogP contribution in [0.1, 0.15) is 49.9 Å². The number of amides is 1. The van der Waals surface area contributed by atoms with Crippen LogP contribution >= 0.6 is 11.6 Å². The van der Waals surface area contributed by atoms with Gasteiger partial charge in [0.15, 0.2) is 0 Å². The summed E-state index contributed by atoms with van der Waals surface area (Å²) in [5.74, 6) is -0.339. The molecule has 6 heteroatoms. The summed E-state index contributed by atoms with van der Waals surface area (Å²) in [5, 5.41) is 13.9. The Labute approximate surface area is 128 Å². The van der Waals surface area contributed by atoms with Crippen molar-refractivity contribution in [2.24, 2.45) is 5.41 Å². The Hall–Kier alpha value is -1.62. The molecule has 2 rings (SSSR count). The monoisotopic (exact) mass is 310 g/mol. The van der Waals surface area contributed by atoms with Gasteiger partial charge in [-0.25, -0.2) is 0 Å². The highest BCUT2D eigenvalue weighted by Crippen LogP contribution is 2.35. The largest absolute Gasteiger partial charge is 0.349 e. The van der Waals surface area contributed by atoms with Gasteiger partial charge in [0, 0.05) is 18.2 Å². The van der Waals surface area contributed by atoms with Crippen molar-refractivity contribution in [2.75, 3.05) is 0 Å². The van der Waals surface area contributed by atoms with Gasteiger partial charge in [0.2, 0.25) is 0 Å². The second-order valence-electron chi connectivity index (χ2n) is 6.33. The number of hydrogen-bond donors (Lipinski definition) is 1. The van der Waals surface area contributed by atoms with Crippen LogP contribution in [0.4, 0.5) is 5.69 Å². The van der Waals surface area contributed by atoms with E-state index in [1.54, 1.807) is 0 Å². The van der Waals surface area contributed by atoms with Gasteiger partial charge >= 0.3 is 0 Å². The first-order chi connectivity index (χ1) is 9.78. The lowest BCUT2D eigenvalue weighted by Gasteiger charge is -2.34. The minimum absolute atomic E-state index is 0.112. The van der Waals surface area contributed by atoms with E-state index < -0.39 is 4.92 Å². The van der Waals surface area contributed by atoms with Crippen molar-refractivity contribution < 1.29 is 9.72 Å². The molecular formula is C15H19ClN2O3. The van der Waals surface area contributed by atoms with Crippen molar-refractivity contribution >= 4 is 23.2 Å². The predicted molar refractivity (Wildman–Crippen MR) is 81.6 cm³/mol. The average molecular weight is 311 g/mol. The number of nitro benzene ring substituents is 1. The minimum atomic E-state index is -0.532. The van der Waals surface area contributed by atoms with Crippen molar-refractivity contribution in [3.8, 4) is 0 Å². The van der Waals surface area contributed by atoms with Crippen molar-refractivity contribution in [2.45, 2.75) is 45.6 Å². The summed E-state index contributed by atoms with van der Waals surface area (Å²) in [5.41, 5.74) is 0.356. The smallest absolute Gasteiger partial charge is 0.270 e. The van der Waals surface area contributed by atoms with Crippen LogP contribution < -0.4 is 5.32 Å². The van der Waals surface area contributed by atoms with Gasteiger partial charge in [0.05, 0.1) is 15.5 Å². The summed E-state index contributed by atoms with van der Waals surface area (Å²) < 4.78 is 0. The van der Waals surface area contributed by atoms with Gasteiger partial charge in [-0.3, -0.25) is 14.9 Å². The van der Waals surface area contributed by atoms with Gasteiger partial charge in [-0.1, -0.05) is 25.4 Å². The molecule has 1 N–H and O–H groups in total. The van der Waals surface area contributed by atoms with Crippen molar-refractivity contribution in [3.05, 3.63) is 38.9 Å². The molecule has 0 saturated heterocycles. The highest BCUT2D eigenvalue weighted by molar-refractivity contribution is 6.33. The summed E-state index contributed by atoms with van der Waals surface area (Å²) in [6.45, 7) is 4.45. The molecule has 1 fully saturated rings. The van der Waals surface area contributed by atoms with Gasteiger partial charge in [-0.05, 0) is 37.2 Å². The highest BCUT2D eigenvalue weighted by atomic mass is 35.5. The molecule has 0 radical (unpaired) electrons. The van der Waals surface area contributed by atoms with E-state index in [0.29, 0.717) is 5.41 Å². The molecule has 0 aromatic heterocycles. The van der Waals surface area contributed by atoms with Gasteiger partial charge in [0.25, 0.3) is 11.6 Å². The highest BCUT2D eigenvalue weighted by Gasteiger charge is 2.28. The number of nitrogens with one attached hydrogen (secondary N) is 1. The minimum Gasteiger partial charge on any atom is -0.349 e. The lowest BCUT2D eigenvalue weighted by Crippen LogP contribution is -2.39. The van der Waals surface area contributed by atoms with Crippen LogP contribution in [0, 0.1) is 15.5 Å². The lowest BCUT2D eigenvalue weighted by molar-refractivity contribution is -0.384. The molecule has 0 unspecified atom stereocenters. The molecule has 0 atom stereocenters. The fourth-order valence-corrected chi connectivity index (χ4v) is 2.81. The Bertz CT molecular complexity index is 562. The van der Waals surface area contributed by atoms with E-state index in [2.05, 4.69) is 19.2 Å². The molecule has 1 aromatic rings. The Balaban J connectivity index is 2.07. The van der Waals surface area contributed by atoms with Crippen LogP contribution in [0.15, 0.2) is 18.2 Å². The first-order valence-corrected chi connectivity index (χ1v) is 7.41. The molecule has 1 saturated carbocycles. The Morgan fingerprint density at radius 3 is 2.57 bits per heavy atom. The Morgan fingerprint density at radius 2 is 2.00 bits per heavy atom. The number of non-ortho nitro benzene ring substituents is 1. The molecule has 1 aromatic carbocycles. The molecule has 0 heterocycles. The first kappa shape index (κ1) is 15.8. The Kier molecular flexibility index (Phi) is 4.52. The maximum absolute atomic E-state index is 12.3. The number of halogens is 1. The molecule has 1 aliphatic rings. The van der Waals surface area contributed by atoms with Crippen LogP contribution in [-0.4, -0.2) is 16.9 Å². The number of rotatable bonds is 3. The number of benzene rings is 1. The summed E-state index contributed by atoms with van der Waals surface area (Å²) >= 11 is 5.98. The van der Waals surface area contributed by atoms with E-state index >= 15 is 0 Å². The normalized spacial score (nSPS) is 18.2. The summed E-state index contributed by atoms with van der Waals surface area (Å²) in [6, 6.07) is 4.02. The fraction of sp³-hybridized carbons (Fsp3) is 0.533. The molecule has 1 aliphatic carbocycles. The zero-order chi connectivity index (χ0) is 15.6. The molecule has 0 aliphatic heterocycles. The number of nitrogens with zero attached hydrogens (tertiary/aromatic N) is 1. The zero-order valence-corrected chi connectivity index (χ0v) is 12.9. The molecular weight excluding hydrogens is 292 g/mol. The molecule has 114 valence electrons. The summed E-state index contributed by atoms with van der Waals surface area (Å²) in [7, 11) is 0. The third-order valence-electron chi connectivity index (χ3n) is 4.08. The molecule has 0 bridgehead atoms. The van der Waals surface area contributed by atoms with Crippen molar-refractivity contribution in [3.63, 3.8) is 0 Å². The topological polar surface area (TPSA) is 72.2 Å². The fourth-order valence-electron chi connectivity index (χ4n) is 2.61. The molecule has 21 heavy (non-hydrogen) atoms. The average Bonchev–Trinajstić information content (AvgIpc) is 2.41. The van der Waals surface area contributed by atoms with E-state index in [9.17, 15) is 14.9 Å². The maximum Gasteiger partial charge on any atom is 0.270 e. The van der Waals surface area contributed by atoms with Gasteiger partial charge in [-0.15, -0.1) is 0 Å². The second-order valence-corrected chi connectivity index (χ2v) is 6.74. The van der Waals surface area contributed by atoms with Crippen LogP contribution in [0.2, 0.25) is 5.02 Å². The Morgan fingerprint density at radius 1 is 1.38 bits per heavy atom. The van der Waals surface area contributed by atoms with E-state index in [4.69, 9.17) is 11.6 Å². The van der Waals surface area contributed by atoms with Crippen LogP contribution in [-0.2, 0) is 0 Å². The molecule has 1 amide bonds. The standard InChI is InChI=1S/C15H19ClN2O3/c1-15(2)7-5-10(6-8-15)17-14(19)12-9-11(18(20)21)3-4-13(12)16/h3-4,9-10H,5-8H2,1-2H3,(H,17,19). The second kappa shape index (κ2) is 6.02. The third-order valence-corrected chi connectivity index (χ3v) is 4.41. The van der Waals surface area contributed by atoms with E-state index in [0.717, 1.165) is 25.7 Å². The van der Waals surface area contributed by atoms with Gasteiger partial charge in [0.1, 0.15) is 0 Å². The zero-order valence-electron chi connectivity index (χ0n) is 12.2. The quantitative estimate of drug-likeness (QED) is 0.678. The van der Waals surface area contributed by atoms with Gasteiger partial charge in [-0.2, -0.15) is 0 Å². The summed E-state index contributed by atoms with van der Waals surface area (Å²) in [4.78, 5) is 22.5. The molecule has 0 spiro atoms. The molecule has 5 nitrogen and oxygen atoms in total.